The summed E-state index contributed by atoms with van der Waals surface area (Å²) in [6.45, 7) is 3.35. The van der Waals surface area contributed by atoms with Crippen molar-refractivity contribution in [2.24, 2.45) is 5.92 Å². The van der Waals surface area contributed by atoms with Gasteiger partial charge in [-0.25, -0.2) is 0 Å². The first-order valence-electron chi connectivity index (χ1n) is 6.02. The van der Waals surface area contributed by atoms with Gasteiger partial charge in [0.25, 0.3) is 0 Å². The summed E-state index contributed by atoms with van der Waals surface area (Å²) >= 11 is 0. The molecule has 0 radical (unpaired) electrons. The molecular formula is C11H18N4. The molecule has 3 rings (SSSR count). The van der Waals surface area contributed by atoms with Crippen molar-refractivity contribution in [1.82, 2.24) is 20.3 Å². The maximum atomic E-state index is 4.24. The molecule has 1 saturated carbocycles. The zero-order chi connectivity index (χ0) is 10.1. The fourth-order valence-electron chi connectivity index (χ4n) is 2.31. The van der Waals surface area contributed by atoms with Crippen LogP contribution in [0.25, 0.3) is 0 Å². The summed E-state index contributed by atoms with van der Waals surface area (Å²) in [7, 11) is 0. The molecule has 82 valence electrons. The lowest BCUT2D eigenvalue weighted by Gasteiger charge is -2.22. The lowest BCUT2D eigenvalue weighted by atomic mass is 10.00. The Morgan fingerprint density at radius 2 is 2.33 bits per heavy atom. The summed E-state index contributed by atoms with van der Waals surface area (Å²) in [5.41, 5.74) is 1.21. The molecule has 1 aliphatic heterocycles. The normalized spacial score (nSPS) is 26.8. The van der Waals surface area contributed by atoms with Crippen LogP contribution in [0.3, 0.4) is 0 Å². The van der Waals surface area contributed by atoms with Crippen LogP contribution in [0.1, 0.15) is 37.3 Å². The van der Waals surface area contributed by atoms with Crippen molar-refractivity contribution in [2.75, 3.05) is 13.1 Å². The largest absolute Gasteiger partial charge is 0.316 e. The highest BCUT2D eigenvalue weighted by molar-refractivity contribution is 5.08. The lowest BCUT2D eigenvalue weighted by molar-refractivity contribution is 0.322. The van der Waals surface area contributed by atoms with E-state index in [1.165, 1.54) is 37.9 Å². The number of piperidine rings is 1. The summed E-state index contributed by atoms with van der Waals surface area (Å²) in [6.07, 6.45) is 7.39. The van der Waals surface area contributed by atoms with Crippen LogP contribution in [-0.2, 0) is 6.54 Å². The second kappa shape index (κ2) is 3.93. The van der Waals surface area contributed by atoms with Gasteiger partial charge in [-0.3, -0.25) is 4.68 Å². The standard InChI is InChI=1S/C11H18N4/c1-2-9(6-12-5-1)7-15-8-11(13-14-15)10-3-4-10/h8-10,12H,1-7H2. The van der Waals surface area contributed by atoms with Crippen LogP contribution in [0, 0.1) is 5.92 Å². The van der Waals surface area contributed by atoms with Gasteiger partial charge in [-0.05, 0) is 44.7 Å². The zero-order valence-corrected chi connectivity index (χ0v) is 9.02. The maximum absolute atomic E-state index is 4.24. The topological polar surface area (TPSA) is 42.7 Å². The molecule has 0 spiro atoms. The molecule has 15 heavy (non-hydrogen) atoms. The number of rotatable bonds is 3. The highest BCUT2D eigenvalue weighted by atomic mass is 15.4. The van der Waals surface area contributed by atoms with Gasteiger partial charge in [0.05, 0.1) is 5.69 Å². The molecule has 0 aromatic carbocycles. The van der Waals surface area contributed by atoms with E-state index in [4.69, 9.17) is 0 Å². The number of nitrogens with one attached hydrogen (secondary N) is 1. The van der Waals surface area contributed by atoms with Crippen LogP contribution >= 0.6 is 0 Å². The van der Waals surface area contributed by atoms with Crippen LogP contribution in [0.2, 0.25) is 0 Å². The second-order valence-corrected chi connectivity index (χ2v) is 4.85. The van der Waals surface area contributed by atoms with Crippen LogP contribution < -0.4 is 5.32 Å². The van der Waals surface area contributed by atoms with Gasteiger partial charge >= 0.3 is 0 Å². The summed E-state index contributed by atoms with van der Waals surface area (Å²) < 4.78 is 2.03. The van der Waals surface area contributed by atoms with Gasteiger partial charge in [-0.2, -0.15) is 0 Å². The predicted molar refractivity (Wildman–Crippen MR) is 57.6 cm³/mol. The highest BCUT2D eigenvalue weighted by Gasteiger charge is 2.26. The molecule has 2 fully saturated rings. The van der Waals surface area contributed by atoms with E-state index in [2.05, 4.69) is 21.8 Å². The Kier molecular flexibility index (Phi) is 2.44. The van der Waals surface area contributed by atoms with E-state index in [-0.39, 0.29) is 0 Å². The van der Waals surface area contributed by atoms with E-state index < -0.39 is 0 Å². The molecule has 4 nitrogen and oxygen atoms in total. The molecule has 1 atom stereocenters. The van der Waals surface area contributed by atoms with Gasteiger partial charge in [-0.1, -0.05) is 5.21 Å². The van der Waals surface area contributed by atoms with E-state index in [0.29, 0.717) is 0 Å². The third-order valence-electron chi connectivity index (χ3n) is 3.40. The fourth-order valence-corrected chi connectivity index (χ4v) is 2.31. The van der Waals surface area contributed by atoms with Crippen molar-refractivity contribution >= 4 is 0 Å². The SMILES string of the molecule is c1c(C2CC2)nnn1CC1CCCNC1. The first kappa shape index (κ1) is 9.33. The summed E-state index contributed by atoms with van der Waals surface area (Å²) in [4.78, 5) is 0. The van der Waals surface area contributed by atoms with E-state index in [1.807, 2.05) is 4.68 Å². The molecule has 0 bridgehead atoms. The molecule has 1 aromatic rings. The molecule has 0 amide bonds. The minimum absolute atomic E-state index is 0.725. The highest BCUT2D eigenvalue weighted by Crippen LogP contribution is 2.38. The van der Waals surface area contributed by atoms with E-state index >= 15 is 0 Å². The minimum atomic E-state index is 0.725. The van der Waals surface area contributed by atoms with E-state index in [9.17, 15) is 0 Å². The Hall–Kier alpha value is -0.900. The monoisotopic (exact) mass is 206 g/mol. The van der Waals surface area contributed by atoms with Gasteiger partial charge in [-0.15, -0.1) is 5.10 Å². The number of hydrogen-bond donors (Lipinski definition) is 1. The number of hydrogen-bond acceptors (Lipinski definition) is 3. The smallest absolute Gasteiger partial charge is 0.0857 e. The third-order valence-corrected chi connectivity index (χ3v) is 3.40. The molecule has 1 saturated heterocycles. The first-order chi connectivity index (χ1) is 7.42. The van der Waals surface area contributed by atoms with Gasteiger partial charge in [0.2, 0.25) is 0 Å². The van der Waals surface area contributed by atoms with Crippen LogP contribution in [0.5, 0.6) is 0 Å². The summed E-state index contributed by atoms with van der Waals surface area (Å²) in [5, 5.41) is 11.9. The fraction of sp³-hybridized carbons (Fsp3) is 0.818. The second-order valence-electron chi connectivity index (χ2n) is 4.85. The Balaban J connectivity index is 1.60. The van der Waals surface area contributed by atoms with Crippen LogP contribution in [0.4, 0.5) is 0 Å². The Morgan fingerprint density at radius 1 is 1.40 bits per heavy atom. The summed E-state index contributed by atoms with van der Waals surface area (Å²) in [6, 6.07) is 0. The third kappa shape index (κ3) is 2.20. The maximum Gasteiger partial charge on any atom is 0.0857 e. The lowest BCUT2D eigenvalue weighted by Crippen LogP contribution is -2.32. The molecule has 2 aliphatic rings. The average molecular weight is 206 g/mol. The number of aromatic nitrogens is 3. The van der Waals surface area contributed by atoms with Crippen molar-refractivity contribution in [3.63, 3.8) is 0 Å². The molecule has 1 aromatic heterocycles. The summed E-state index contributed by atoms with van der Waals surface area (Å²) in [5.74, 6) is 1.47. The quantitative estimate of drug-likeness (QED) is 0.807. The first-order valence-corrected chi connectivity index (χ1v) is 6.02. The van der Waals surface area contributed by atoms with Gasteiger partial charge in [0.15, 0.2) is 0 Å². The molecule has 4 heteroatoms. The predicted octanol–water partition coefficient (Wildman–Crippen LogP) is 1.16. The van der Waals surface area contributed by atoms with Gasteiger partial charge in [0.1, 0.15) is 0 Å². The van der Waals surface area contributed by atoms with Crippen LogP contribution in [-0.4, -0.2) is 28.1 Å². The van der Waals surface area contributed by atoms with Crippen molar-refractivity contribution in [2.45, 2.75) is 38.1 Å². The Labute approximate surface area is 90.0 Å². The van der Waals surface area contributed by atoms with Crippen molar-refractivity contribution < 1.29 is 0 Å². The molecule has 1 aliphatic carbocycles. The zero-order valence-electron chi connectivity index (χ0n) is 9.02. The van der Waals surface area contributed by atoms with Crippen molar-refractivity contribution in [1.29, 1.82) is 0 Å². The number of nitrogens with zero attached hydrogens (tertiary/aromatic N) is 3. The average Bonchev–Trinajstić information content (AvgIpc) is 3.02. The molecule has 2 heterocycles. The molecule has 1 unspecified atom stereocenters. The minimum Gasteiger partial charge on any atom is -0.316 e. The van der Waals surface area contributed by atoms with Gasteiger partial charge in [0, 0.05) is 18.7 Å². The van der Waals surface area contributed by atoms with E-state index in [0.717, 1.165) is 24.9 Å². The van der Waals surface area contributed by atoms with Crippen molar-refractivity contribution in [3.05, 3.63) is 11.9 Å². The molecular weight excluding hydrogens is 188 g/mol. The Morgan fingerprint density at radius 3 is 3.07 bits per heavy atom. The van der Waals surface area contributed by atoms with Gasteiger partial charge < -0.3 is 5.32 Å². The van der Waals surface area contributed by atoms with E-state index in [1.54, 1.807) is 0 Å². The van der Waals surface area contributed by atoms with Crippen molar-refractivity contribution in [3.8, 4) is 0 Å². The Bertz CT molecular complexity index is 323. The molecule has 1 N–H and O–H groups in total. The van der Waals surface area contributed by atoms with Crippen LogP contribution in [0.15, 0.2) is 6.20 Å².